The van der Waals surface area contributed by atoms with E-state index in [2.05, 4.69) is 24.3 Å². The van der Waals surface area contributed by atoms with Crippen LogP contribution in [0.15, 0.2) is 75.4 Å². The van der Waals surface area contributed by atoms with Crippen molar-refractivity contribution in [1.82, 2.24) is 0 Å². The number of benzene rings is 3. The molecular formula is C21H17O3S+. The molecule has 0 aliphatic carbocycles. The third-order valence-corrected chi connectivity index (χ3v) is 6.45. The lowest BCUT2D eigenvalue weighted by molar-refractivity contribution is -0.120. The quantitative estimate of drug-likeness (QED) is 0.384. The van der Waals surface area contributed by atoms with Crippen molar-refractivity contribution in [2.24, 2.45) is 0 Å². The second kappa shape index (κ2) is 6.30. The largest absolute Gasteiger partial charge is 0.447 e. The minimum Gasteiger partial charge on any atom is -0.447 e. The first-order valence-electron chi connectivity index (χ1n) is 8.01. The molecule has 0 amide bonds. The highest BCUT2D eigenvalue weighted by atomic mass is 32.2. The highest BCUT2D eigenvalue weighted by Crippen LogP contribution is 2.47. The summed E-state index contributed by atoms with van der Waals surface area (Å²) in [6.45, 7) is 4.42. The zero-order valence-electron chi connectivity index (χ0n) is 14.0. The molecule has 4 heteroatoms. The molecular weight excluding hydrogens is 332 g/mol. The van der Waals surface area contributed by atoms with Crippen LogP contribution in [0.2, 0.25) is 0 Å². The van der Waals surface area contributed by atoms with E-state index in [9.17, 15) is 4.79 Å². The fourth-order valence-electron chi connectivity index (χ4n) is 3.16. The molecule has 0 fully saturated rings. The van der Waals surface area contributed by atoms with Gasteiger partial charge in [0.05, 0.1) is 0 Å². The van der Waals surface area contributed by atoms with Crippen LogP contribution in [0.5, 0.6) is 17.2 Å². The summed E-state index contributed by atoms with van der Waals surface area (Å²) in [5, 5.41) is 0. The molecule has 1 heterocycles. The number of fused-ring (bicyclic) bond motifs is 2. The minimum absolute atomic E-state index is 0.260. The Bertz CT molecular complexity index is 896. The lowest BCUT2D eigenvalue weighted by Gasteiger charge is -2.20. The van der Waals surface area contributed by atoms with Gasteiger partial charge >= 0.3 is 0 Å². The number of carbonyl (C=O) groups is 1. The van der Waals surface area contributed by atoms with Crippen LogP contribution in [0.4, 0.5) is 0 Å². The Morgan fingerprint density at radius 1 is 0.880 bits per heavy atom. The molecule has 0 N–H and O–H groups in total. The van der Waals surface area contributed by atoms with E-state index < -0.39 is 0 Å². The van der Waals surface area contributed by atoms with Gasteiger partial charge in [0.1, 0.15) is 16.6 Å². The number of aryl methyl sites for hydroxylation is 2. The normalized spacial score (nSPS) is 12.7. The van der Waals surface area contributed by atoms with Gasteiger partial charge in [-0.2, -0.15) is 0 Å². The van der Waals surface area contributed by atoms with Crippen molar-refractivity contribution < 1.29 is 14.3 Å². The fraction of sp³-hybridized carbons (Fsp3) is 0.0952. The summed E-state index contributed by atoms with van der Waals surface area (Å²) < 4.78 is 11.2. The Kier molecular flexibility index (Phi) is 3.98. The Balaban J connectivity index is 1.92. The van der Waals surface area contributed by atoms with Crippen molar-refractivity contribution >= 4 is 17.4 Å². The maximum Gasteiger partial charge on any atom is 0.298 e. The van der Waals surface area contributed by atoms with Gasteiger partial charge in [-0.3, -0.25) is 4.79 Å². The summed E-state index contributed by atoms with van der Waals surface area (Å²) in [5.74, 6) is 2.43. The average Bonchev–Trinajstić information content (AvgIpc) is 2.62. The maximum atomic E-state index is 10.8. The Morgan fingerprint density at radius 3 is 1.92 bits per heavy atom. The number of carbonyl (C=O) groups excluding carboxylic acids is 1. The SMILES string of the molecule is Cc1cc([S+]2c3ccccc3Oc3ccccc32)cc(C)c1OC=O. The zero-order valence-corrected chi connectivity index (χ0v) is 14.8. The van der Waals surface area contributed by atoms with Gasteiger partial charge in [-0.15, -0.1) is 0 Å². The second-order valence-electron chi connectivity index (χ2n) is 5.90. The van der Waals surface area contributed by atoms with Gasteiger partial charge in [-0.1, -0.05) is 24.3 Å². The second-order valence-corrected chi connectivity index (χ2v) is 7.87. The molecule has 4 rings (SSSR count). The van der Waals surface area contributed by atoms with Crippen LogP contribution < -0.4 is 9.47 Å². The Morgan fingerprint density at radius 2 is 1.40 bits per heavy atom. The number of rotatable bonds is 3. The molecule has 0 aromatic heterocycles. The molecule has 0 bridgehead atoms. The lowest BCUT2D eigenvalue weighted by Crippen LogP contribution is -2.13. The van der Waals surface area contributed by atoms with E-state index in [-0.39, 0.29) is 10.9 Å². The first kappa shape index (κ1) is 15.8. The monoisotopic (exact) mass is 349 g/mol. The molecule has 1 aliphatic heterocycles. The number of hydrogen-bond donors (Lipinski definition) is 0. The molecule has 0 atom stereocenters. The smallest absolute Gasteiger partial charge is 0.298 e. The minimum atomic E-state index is -0.260. The van der Waals surface area contributed by atoms with Gasteiger partial charge in [0.2, 0.25) is 9.79 Å². The molecule has 3 aromatic carbocycles. The van der Waals surface area contributed by atoms with Crippen LogP contribution in [0.3, 0.4) is 0 Å². The number of hydrogen-bond acceptors (Lipinski definition) is 3. The maximum absolute atomic E-state index is 10.8. The van der Waals surface area contributed by atoms with Crippen molar-refractivity contribution in [3.8, 4) is 17.2 Å². The molecule has 1 aliphatic rings. The summed E-state index contributed by atoms with van der Waals surface area (Å²) in [5.41, 5.74) is 1.91. The van der Waals surface area contributed by atoms with Crippen LogP contribution in [0, 0.1) is 13.8 Å². The summed E-state index contributed by atoms with van der Waals surface area (Å²) in [6.07, 6.45) is 0. The Hall–Kier alpha value is -2.72. The predicted molar refractivity (Wildman–Crippen MR) is 97.7 cm³/mol. The van der Waals surface area contributed by atoms with Crippen LogP contribution in [-0.2, 0) is 15.7 Å². The summed E-state index contributed by atoms with van der Waals surface area (Å²) >= 11 is 0. The van der Waals surface area contributed by atoms with E-state index in [1.54, 1.807) is 0 Å². The van der Waals surface area contributed by atoms with E-state index in [0.29, 0.717) is 12.2 Å². The van der Waals surface area contributed by atoms with E-state index >= 15 is 0 Å². The van der Waals surface area contributed by atoms with Gasteiger partial charge < -0.3 is 9.47 Å². The lowest BCUT2D eigenvalue weighted by atomic mass is 10.1. The summed E-state index contributed by atoms with van der Waals surface area (Å²) in [4.78, 5) is 14.3. The van der Waals surface area contributed by atoms with E-state index in [1.165, 1.54) is 14.7 Å². The topological polar surface area (TPSA) is 35.5 Å². The molecule has 0 saturated heterocycles. The van der Waals surface area contributed by atoms with Gasteiger partial charge in [-0.25, -0.2) is 0 Å². The van der Waals surface area contributed by atoms with Crippen LogP contribution in [0.1, 0.15) is 11.1 Å². The van der Waals surface area contributed by atoms with Gasteiger partial charge in [0, 0.05) is 12.1 Å². The zero-order chi connectivity index (χ0) is 17.4. The van der Waals surface area contributed by atoms with Crippen molar-refractivity contribution in [1.29, 1.82) is 0 Å². The Labute approximate surface area is 149 Å². The van der Waals surface area contributed by atoms with Gasteiger partial charge in [0.15, 0.2) is 16.4 Å². The third kappa shape index (κ3) is 2.68. The number of ether oxygens (including phenoxy) is 2. The molecule has 3 nitrogen and oxygen atoms in total. The van der Waals surface area contributed by atoms with E-state index in [0.717, 1.165) is 22.6 Å². The molecule has 0 unspecified atom stereocenters. The molecule has 0 spiro atoms. The standard InChI is InChI=1S/C21H17O3S/c1-14-11-16(12-15(2)21(14)23-13-22)25-19-9-5-3-7-17(19)24-18-8-4-6-10-20(18)25/h3-13H,1-2H3/q+1. The molecule has 124 valence electrons. The first-order chi connectivity index (χ1) is 12.2. The van der Waals surface area contributed by atoms with Gasteiger partial charge in [0.25, 0.3) is 6.47 Å². The molecule has 25 heavy (non-hydrogen) atoms. The van der Waals surface area contributed by atoms with Crippen molar-refractivity contribution in [2.75, 3.05) is 0 Å². The third-order valence-electron chi connectivity index (χ3n) is 4.19. The molecule has 0 saturated carbocycles. The fourth-order valence-corrected chi connectivity index (χ4v) is 5.54. The highest BCUT2D eigenvalue weighted by Gasteiger charge is 2.39. The van der Waals surface area contributed by atoms with Crippen LogP contribution >= 0.6 is 0 Å². The molecule has 3 aromatic rings. The van der Waals surface area contributed by atoms with Crippen molar-refractivity contribution in [3.05, 3.63) is 71.8 Å². The van der Waals surface area contributed by atoms with E-state index in [4.69, 9.17) is 9.47 Å². The summed E-state index contributed by atoms with van der Waals surface area (Å²) in [6, 6.07) is 20.5. The van der Waals surface area contributed by atoms with E-state index in [1.807, 2.05) is 50.2 Å². The van der Waals surface area contributed by atoms with Crippen molar-refractivity contribution in [3.63, 3.8) is 0 Å². The average molecular weight is 349 g/mol. The van der Waals surface area contributed by atoms with Crippen LogP contribution in [-0.4, -0.2) is 6.47 Å². The van der Waals surface area contributed by atoms with Crippen molar-refractivity contribution in [2.45, 2.75) is 28.5 Å². The number of para-hydroxylation sites is 2. The predicted octanol–water partition coefficient (Wildman–Crippen LogP) is 5.04. The molecule has 0 radical (unpaired) electrons. The highest BCUT2D eigenvalue weighted by molar-refractivity contribution is 7.97. The summed E-state index contributed by atoms with van der Waals surface area (Å²) in [7, 11) is -0.260. The first-order valence-corrected chi connectivity index (χ1v) is 9.23. The van der Waals surface area contributed by atoms with Gasteiger partial charge in [-0.05, 0) is 49.2 Å². The van der Waals surface area contributed by atoms with Crippen LogP contribution in [0.25, 0.3) is 0 Å².